The SMILES string of the molecule is CC(Cl)Cl.CN(C)C=O.ClCCCl. The topological polar surface area (TPSA) is 20.3 Å². The predicted octanol–water partition coefficient (Wildman–Crippen LogP) is 2.98. The second-order valence-corrected chi connectivity index (χ2v) is 4.25. The van der Waals surface area contributed by atoms with Crippen molar-refractivity contribution in [3.63, 3.8) is 0 Å². The van der Waals surface area contributed by atoms with Crippen molar-refractivity contribution in [2.45, 2.75) is 11.8 Å². The maximum Gasteiger partial charge on any atom is 0.209 e. The number of nitrogens with zero attached hydrogens (tertiary/aromatic N) is 1. The molecule has 0 fully saturated rings. The standard InChI is InChI=1S/C3H7NO.2C2H4Cl2/c1-4(2)3-5;1-2(3)4;3-1-2-4/h3H,1-2H3;2H,1H3;1-2H2. The minimum Gasteiger partial charge on any atom is -0.351 e. The summed E-state index contributed by atoms with van der Waals surface area (Å²) >= 11 is 20.2. The van der Waals surface area contributed by atoms with Crippen molar-refractivity contribution < 1.29 is 4.79 Å². The van der Waals surface area contributed by atoms with Crippen LogP contribution >= 0.6 is 46.4 Å². The number of hydrogen-bond acceptors (Lipinski definition) is 1. The normalized spacial score (nSPS) is 7.69. The van der Waals surface area contributed by atoms with E-state index in [1.54, 1.807) is 21.0 Å². The number of rotatable bonds is 2. The van der Waals surface area contributed by atoms with Crippen LogP contribution in [0.4, 0.5) is 0 Å². The van der Waals surface area contributed by atoms with Crippen LogP contribution in [0.5, 0.6) is 0 Å². The summed E-state index contributed by atoms with van der Waals surface area (Å²) < 4.78 is 0. The van der Waals surface area contributed by atoms with E-state index in [9.17, 15) is 4.79 Å². The van der Waals surface area contributed by atoms with E-state index in [1.807, 2.05) is 0 Å². The van der Waals surface area contributed by atoms with Crippen LogP contribution in [-0.4, -0.2) is 42.0 Å². The van der Waals surface area contributed by atoms with Crippen molar-refractivity contribution in [1.29, 1.82) is 0 Å². The Labute approximate surface area is 100 Å². The highest BCUT2D eigenvalue weighted by atomic mass is 35.5. The third kappa shape index (κ3) is 108. The molecule has 1 amide bonds. The van der Waals surface area contributed by atoms with Gasteiger partial charge in [0, 0.05) is 25.9 Å². The largest absolute Gasteiger partial charge is 0.351 e. The number of carbonyl (C=O) groups excluding carboxylic acids is 1. The van der Waals surface area contributed by atoms with Crippen LogP contribution in [-0.2, 0) is 4.79 Å². The minimum absolute atomic E-state index is 0.222. The third-order valence-corrected chi connectivity index (χ3v) is 0.854. The van der Waals surface area contributed by atoms with Gasteiger partial charge in [0.1, 0.15) is 4.84 Å². The molecule has 0 aromatic rings. The van der Waals surface area contributed by atoms with Crippen molar-refractivity contribution in [3.05, 3.63) is 0 Å². The lowest BCUT2D eigenvalue weighted by molar-refractivity contribution is -0.115. The summed E-state index contributed by atoms with van der Waals surface area (Å²) in [6.07, 6.45) is 0.750. The zero-order valence-corrected chi connectivity index (χ0v) is 11.0. The van der Waals surface area contributed by atoms with Gasteiger partial charge in [-0.1, -0.05) is 0 Å². The number of hydrogen-bond donors (Lipinski definition) is 0. The Morgan fingerprint density at radius 2 is 1.38 bits per heavy atom. The molecule has 0 saturated heterocycles. The van der Waals surface area contributed by atoms with Crippen molar-refractivity contribution in [1.82, 2.24) is 4.90 Å². The summed E-state index contributed by atoms with van der Waals surface area (Å²) in [5.74, 6) is 1.11. The Kier molecular flexibility index (Phi) is 27.3. The highest BCUT2D eigenvalue weighted by Crippen LogP contribution is 1.95. The highest BCUT2D eigenvalue weighted by Gasteiger charge is 1.75. The van der Waals surface area contributed by atoms with Crippen LogP contribution in [0.1, 0.15) is 6.92 Å². The van der Waals surface area contributed by atoms with Crippen LogP contribution in [0.3, 0.4) is 0 Å². The molecule has 6 heteroatoms. The average molecular weight is 271 g/mol. The maximum atomic E-state index is 9.43. The quantitative estimate of drug-likeness (QED) is 0.558. The van der Waals surface area contributed by atoms with E-state index in [0.717, 1.165) is 6.41 Å². The molecule has 0 atom stereocenters. The van der Waals surface area contributed by atoms with E-state index in [2.05, 4.69) is 0 Å². The molecule has 2 nitrogen and oxygen atoms in total. The van der Waals surface area contributed by atoms with E-state index >= 15 is 0 Å². The van der Waals surface area contributed by atoms with Gasteiger partial charge in [-0.3, -0.25) is 4.79 Å². The fourth-order valence-corrected chi connectivity index (χ4v) is 0. The first-order chi connectivity index (χ1) is 5.92. The zero-order chi connectivity index (χ0) is 11.3. The smallest absolute Gasteiger partial charge is 0.209 e. The van der Waals surface area contributed by atoms with Crippen LogP contribution in [0, 0.1) is 0 Å². The molecule has 0 aromatic carbocycles. The van der Waals surface area contributed by atoms with Gasteiger partial charge in [-0.25, -0.2) is 0 Å². The lowest BCUT2D eigenvalue weighted by Crippen LogP contribution is -2.06. The van der Waals surface area contributed by atoms with Gasteiger partial charge < -0.3 is 4.90 Å². The Morgan fingerprint density at radius 3 is 1.38 bits per heavy atom. The zero-order valence-electron chi connectivity index (χ0n) is 7.94. The molecule has 0 N–H and O–H groups in total. The average Bonchev–Trinajstić information content (AvgIpc) is 2.04. The molecular formula is C7H15Cl4NO. The molecule has 0 unspecified atom stereocenters. The number of halogens is 4. The second kappa shape index (κ2) is 18.4. The van der Waals surface area contributed by atoms with Gasteiger partial charge in [0.15, 0.2) is 0 Å². The van der Waals surface area contributed by atoms with Crippen LogP contribution < -0.4 is 0 Å². The summed E-state index contributed by atoms with van der Waals surface area (Å²) in [5, 5.41) is 0. The van der Waals surface area contributed by atoms with Gasteiger partial charge in [0.2, 0.25) is 6.41 Å². The maximum absolute atomic E-state index is 9.43. The molecule has 0 bridgehead atoms. The first-order valence-corrected chi connectivity index (χ1v) is 5.38. The fourth-order valence-electron chi connectivity index (χ4n) is 0. The van der Waals surface area contributed by atoms with Gasteiger partial charge >= 0.3 is 0 Å². The summed E-state index contributed by atoms with van der Waals surface area (Å²) in [6, 6.07) is 0. The summed E-state index contributed by atoms with van der Waals surface area (Å²) in [5.41, 5.74) is 0. The van der Waals surface area contributed by atoms with E-state index < -0.39 is 0 Å². The molecule has 0 spiro atoms. The van der Waals surface area contributed by atoms with Gasteiger partial charge in [-0.05, 0) is 6.92 Å². The van der Waals surface area contributed by atoms with Crippen LogP contribution in [0.15, 0.2) is 0 Å². The van der Waals surface area contributed by atoms with E-state index in [0.29, 0.717) is 11.8 Å². The minimum atomic E-state index is -0.222. The molecular weight excluding hydrogens is 256 g/mol. The molecule has 0 heterocycles. The third-order valence-electron chi connectivity index (χ3n) is 0.282. The highest BCUT2D eigenvalue weighted by molar-refractivity contribution is 6.43. The molecule has 0 aliphatic rings. The molecule has 0 rings (SSSR count). The van der Waals surface area contributed by atoms with Crippen molar-refractivity contribution in [2.75, 3.05) is 25.9 Å². The van der Waals surface area contributed by atoms with E-state index in [-0.39, 0.29) is 4.84 Å². The van der Waals surface area contributed by atoms with Gasteiger partial charge in [-0.15, -0.1) is 46.4 Å². The van der Waals surface area contributed by atoms with Crippen molar-refractivity contribution in [2.24, 2.45) is 0 Å². The first kappa shape index (κ1) is 19.2. The van der Waals surface area contributed by atoms with Gasteiger partial charge in [0.25, 0.3) is 0 Å². The Morgan fingerprint density at radius 1 is 1.23 bits per heavy atom. The molecule has 82 valence electrons. The number of alkyl halides is 4. The lowest BCUT2D eigenvalue weighted by atomic mass is 11.0. The van der Waals surface area contributed by atoms with Gasteiger partial charge in [-0.2, -0.15) is 0 Å². The van der Waals surface area contributed by atoms with E-state index in [1.165, 1.54) is 4.90 Å². The molecule has 0 aromatic heterocycles. The number of amides is 1. The van der Waals surface area contributed by atoms with E-state index in [4.69, 9.17) is 46.4 Å². The van der Waals surface area contributed by atoms with Crippen LogP contribution in [0.25, 0.3) is 0 Å². The monoisotopic (exact) mass is 269 g/mol. The summed E-state index contributed by atoms with van der Waals surface area (Å²) in [7, 11) is 3.38. The van der Waals surface area contributed by atoms with Gasteiger partial charge in [0.05, 0.1) is 0 Å². The molecule has 0 saturated carbocycles. The Bertz CT molecular complexity index is 85.8. The van der Waals surface area contributed by atoms with Crippen molar-refractivity contribution in [3.8, 4) is 0 Å². The molecule has 13 heavy (non-hydrogen) atoms. The predicted molar refractivity (Wildman–Crippen MR) is 62.4 cm³/mol. The van der Waals surface area contributed by atoms with Crippen LogP contribution in [0.2, 0.25) is 0 Å². The fraction of sp³-hybridized carbons (Fsp3) is 0.857. The second-order valence-electron chi connectivity index (χ2n) is 1.97. The summed E-state index contributed by atoms with van der Waals surface area (Å²) in [4.78, 5) is 10.7. The first-order valence-electron chi connectivity index (χ1n) is 3.44. The Hall–Kier alpha value is 0.630. The van der Waals surface area contributed by atoms with Crippen molar-refractivity contribution >= 4 is 52.8 Å². The molecule has 0 aliphatic carbocycles. The summed E-state index contributed by atoms with van der Waals surface area (Å²) in [6.45, 7) is 1.70. The lowest BCUT2D eigenvalue weighted by Gasteiger charge is -1.93. The Balaban J connectivity index is -0.000000117. The molecule has 0 aliphatic heterocycles. The molecule has 0 radical (unpaired) electrons. The number of carbonyl (C=O) groups is 1.